The first-order valence-corrected chi connectivity index (χ1v) is 10.00. The molecule has 0 aliphatic rings. The average Bonchev–Trinajstić information content (AvgIpc) is 3.48. The van der Waals surface area contributed by atoms with Crippen LogP contribution in [0.25, 0.3) is 22.6 Å². The number of hydrogen-bond donors (Lipinski definition) is 2. The number of furan rings is 1. The first kappa shape index (κ1) is 19.5. The van der Waals surface area contributed by atoms with Crippen LogP contribution in [0.4, 0.5) is 17.6 Å². The Hall–Kier alpha value is -4.47. The van der Waals surface area contributed by atoms with Gasteiger partial charge >= 0.3 is 6.01 Å². The van der Waals surface area contributed by atoms with Crippen LogP contribution >= 0.6 is 0 Å². The summed E-state index contributed by atoms with van der Waals surface area (Å²) in [5.41, 5.74) is 2.99. The number of nitrogens with zero attached hydrogens (tertiary/aromatic N) is 5. The summed E-state index contributed by atoms with van der Waals surface area (Å²) in [7, 11) is 0. The zero-order valence-corrected chi connectivity index (χ0v) is 17.1. The van der Waals surface area contributed by atoms with E-state index in [1.165, 1.54) is 0 Å². The number of fused-ring (bicyclic) bond motifs is 1. The molecule has 4 aromatic heterocycles. The van der Waals surface area contributed by atoms with E-state index in [0.717, 1.165) is 17.0 Å². The smallest absolute Gasteiger partial charge is 0.323 e. The minimum absolute atomic E-state index is 0.217. The molecule has 0 bridgehead atoms. The Morgan fingerprint density at radius 2 is 1.84 bits per heavy atom. The fourth-order valence-electron chi connectivity index (χ4n) is 3.02. The van der Waals surface area contributed by atoms with E-state index in [-0.39, 0.29) is 6.01 Å². The highest BCUT2D eigenvalue weighted by Crippen LogP contribution is 2.27. The number of nitrogens with one attached hydrogen (secondary N) is 2. The van der Waals surface area contributed by atoms with Crippen molar-refractivity contribution < 1.29 is 13.6 Å². The Kier molecular flexibility index (Phi) is 5.31. The van der Waals surface area contributed by atoms with E-state index >= 15 is 0 Å². The standard InChI is InChI=1S/C22H19N7O3/c1-2-30-22-28-20(24-13-16-4-3-11-31-16)27-21(29-22)25-15-5-6-18-17(12-15)26-19(32-18)14-7-9-23-10-8-14/h3-12H,2,13H2,1H3,(H2,24,25,27,28,29). The monoisotopic (exact) mass is 429 g/mol. The molecule has 0 saturated carbocycles. The first-order valence-electron chi connectivity index (χ1n) is 10.00. The maximum Gasteiger partial charge on any atom is 0.323 e. The van der Waals surface area contributed by atoms with Gasteiger partial charge in [0.25, 0.3) is 0 Å². The summed E-state index contributed by atoms with van der Waals surface area (Å²) in [4.78, 5) is 21.6. The van der Waals surface area contributed by atoms with Crippen molar-refractivity contribution in [2.24, 2.45) is 0 Å². The fraction of sp³-hybridized carbons (Fsp3) is 0.136. The lowest BCUT2D eigenvalue weighted by Crippen LogP contribution is -2.09. The lowest BCUT2D eigenvalue weighted by atomic mass is 10.3. The number of benzene rings is 1. The van der Waals surface area contributed by atoms with Gasteiger partial charge in [-0.3, -0.25) is 4.98 Å². The molecule has 2 N–H and O–H groups in total. The summed E-state index contributed by atoms with van der Waals surface area (Å²) in [6, 6.07) is 13.2. The third kappa shape index (κ3) is 4.33. The van der Waals surface area contributed by atoms with Crippen LogP contribution in [0, 0.1) is 0 Å². The van der Waals surface area contributed by atoms with Crippen molar-refractivity contribution in [3.63, 3.8) is 0 Å². The van der Waals surface area contributed by atoms with Crippen LogP contribution in [0.2, 0.25) is 0 Å². The van der Waals surface area contributed by atoms with Crippen LogP contribution in [0.1, 0.15) is 12.7 Å². The number of hydrogen-bond acceptors (Lipinski definition) is 10. The van der Waals surface area contributed by atoms with Gasteiger partial charge in [-0.1, -0.05) is 0 Å². The maximum absolute atomic E-state index is 5.85. The van der Waals surface area contributed by atoms with Crippen molar-refractivity contribution in [1.82, 2.24) is 24.9 Å². The molecular formula is C22H19N7O3. The van der Waals surface area contributed by atoms with Crippen molar-refractivity contribution in [3.05, 3.63) is 66.9 Å². The largest absolute Gasteiger partial charge is 0.467 e. The molecule has 0 aliphatic heterocycles. The maximum atomic E-state index is 5.85. The van der Waals surface area contributed by atoms with Gasteiger partial charge in [0.15, 0.2) is 5.58 Å². The third-order valence-corrected chi connectivity index (χ3v) is 4.46. The van der Waals surface area contributed by atoms with Crippen molar-refractivity contribution in [2.75, 3.05) is 17.2 Å². The lowest BCUT2D eigenvalue weighted by Gasteiger charge is -2.09. The average molecular weight is 429 g/mol. The van der Waals surface area contributed by atoms with Crippen LogP contribution < -0.4 is 15.4 Å². The van der Waals surface area contributed by atoms with E-state index in [0.29, 0.717) is 42.0 Å². The van der Waals surface area contributed by atoms with Gasteiger partial charge in [-0.15, -0.1) is 0 Å². The summed E-state index contributed by atoms with van der Waals surface area (Å²) in [5, 5.41) is 6.29. The fourth-order valence-corrected chi connectivity index (χ4v) is 3.02. The number of aromatic nitrogens is 5. The van der Waals surface area contributed by atoms with Gasteiger partial charge in [-0.25, -0.2) is 4.98 Å². The predicted molar refractivity (Wildman–Crippen MR) is 118 cm³/mol. The van der Waals surface area contributed by atoms with Crippen LogP contribution in [-0.4, -0.2) is 31.5 Å². The van der Waals surface area contributed by atoms with E-state index in [9.17, 15) is 0 Å². The van der Waals surface area contributed by atoms with Gasteiger partial charge in [0.05, 0.1) is 19.4 Å². The van der Waals surface area contributed by atoms with Crippen molar-refractivity contribution >= 4 is 28.7 Å². The molecule has 0 atom stereocenters. The lowest BCUT2D eigenvalue weighted by molar-refractivity contribution is 0.312. The number of rotatable bonds is 8. The molecule has 160 valence electrons. The Labute approximate surface area is 182 Å². The topological polar surface area (TPSA) is 124 Å². The highest BCUT2D eigenvalue weighted by molar-refractivity contribution is 5.80. The Balaban J connectivity index is 1.39. The zero-order chi connectivity index (χ0) is 21.8. The molecule has 32 heavy (non-hydrogen) atoms. The molecule has 0 fully saturated rings. The molecule has 5 aromatic rings. The normalized spacial score (nSPS) is 10.9. The van der Waals surface area contributed by atoms with Crippen LogP contribution in [-0.2, 0) is 6.54 Å². The molecule has 5 rings (SSSR count). The Morgan fingerprint density at radius 3 is 2.66 bits per heavy atom. The molecule has 0 saturated heterocycles. The molecular weight excluding hydrogens is 410 g/mol. The van der Waals surface area contributed by atoms with E-state index in [1.807, 2.05) is 49.4 Å². The number of ether oxygens (including phenoxy) is 1. The quantitative estimate of drug-likeness (QED) is 0.366. The molecule has 0 aliphatic carbocycles. The SMILES string of the molecule is CCOc1nc(NCc2ccco2)nc(Nc2ccc3oc(-c4ccncc4)nc3c2)n1. The highest BCUT2D eigenvalue weighted by Gasteiger charge is 2.11. The van der Waals surface area contributed by atoms with E-state index in [1.54, 1.807) is 18.7 Å². The second-order valence-corrected chi connectivity index (χ2v) is 6.69. The van der Waals surface area contributed by atoms with E-state index < -0.39 is 0 Å². The van der Waals surface area contributed by atoms with Gasteiger partial charge in [-0.05, 0) is 49.4 Å². The van der Waals surface area contributed by atoms with Gasteiger partial charge in [0.1, 0.15) is 11.3 Å². The summed E-state index contributed by atoms with van der Waals surface area (Å²) in [5.74, 6) is 1.99. The van der Waals surface area contributed by atoms with Crippen molar-refractivity contribution in [3.8, 4) is 17.5 Å². The molecule has 0 radical (unpaired) electrons. The van der Waals surface area contributed by atoms with Crippen LogP contribution in [0.15, 0.2) is 70.0 Å². The Bertz CT molecular complexity index is 1320. The van der Waals surface area contributed by atoms with Gasteiger partial charge in [-0.2, -0.15) is 15.0 Å². The van der Waals surface area contributed by atoms with Crippen LogP contribution in [0.5, 0.6) is 6.01 Å². The molecule has 10 nitrogen and oxygen atoms in total. The minimum Gasteiger partial charge on any atom is -0.467 e. The zero-order valence-electron chi connectivity index (χ0n) is 17.1. The van der Waals surface area contributed by atoms with Crippen molar-refractivity contribution in [1.29, 1.82) is 0 Å². The van der Waals surface area contributed by atoms with Gasteiger partial charge in [0.2, 0.25) is 17.8 Å². The number of anilines is 3. The molecule has 0 amide bonds. The summed E-state index contributed by atoms with van der Waals surface area (Å²) >= 11 is 0. The summed E-state index contributed by atoms with van der Waals surface area (Å²) in [6.45, 7) is 2.74. The molecule has 10 heteroatoms. The molecule has 4 heterocycles. The second kappa shape index (κ2) is 8.72. The number of pyridine rings is 1. The van der Waals surface area contributed by atoms with E-state index in [2.05, 4.69) is 35.6 Å². The minimum atomic E-state index is 0.217. The van der Waals surface area contributed by atoms with Crippen LogP contribution in [0.3, 0.4) is 0 Å². The van der Waals surface area contributed by atoms with Crippen molar-refractivity contribution in [2.45, 2.75) is 13.5 Å². The summed E-state index contributed by atoms with van der Waals surface area (Å²) < 4.78 is 16.7. The first-order chi connectivity index (χ1) is 15.8. The van der Waals surface area contributed by atoms with E-state index in [4.69, 9.17) is 13.6 Å². The number of oxazole rings is 1. The molecule has 0 spiro atoms. The second-order valence-electron chi connectivity index (χ2n) is 6.69. The highest BCUT2D eigenvalue weighted by atomic mass is 16.5. The molecule has 0 unspecified atom stereocenters. The van der Waals surface area contributed by atoms with Gasteiger partial charge < -0.3 is 24.2 Å². The Morgan fingerprint density at radius 1 is 0.969 bits per heavy atom. The molecule has 1 aromatic carbocycles. The predicted octanol–water partition coefficient (Wildman–Crippen LogP) is 4.42. The van der Waals surface area contributed by atoms with Gasteiger partial charge in [0, 0.05) is 23.6 Å². The third-order valence-electron chi connectivity index (χ3n) is 4.46. The summed E-state index contributed by atoms with van der Waals surface area (Å²) in [6.07, 6.45) is 5.01.